The summed E-state index contributed by atoms with van der Waals surface area (Å²) in [4.78, 5) is 15.1. The number of methoxy groups -OCH3 is 1. The number of ether oxygens (including phenoxy) is 3. The number of thiocarbonyl (C=S) groups is 1. The lowest BCUT2D eigenvalue weighted by atomic mass is 10.2. The fourth-order valence-corrected chi connectivity index (χ4v) is 4.47. The van der Waals surface area contributed by atoms with Crippen molar-refractivity contribution < 1.29 is 19.0 Å². The second kappa shape index (κ2) is 10.3. The minimum absolute atomic E-state index is 0.138. The van der Waals surface area contributed by atoms with Gasteiger partial charge in [-0.1, -0.05) is 72.5 Å². The van der Waals surface area contributed by atoms with Gasteiger partial charge in [0.25, 0.3) is 5.91 Å². The molecule has 0 unspecified atom stereocenters. The van der Waals surface area contributed by atoms with Crippen molar-refractivity contribution in [1.82, 2.24) is 0 Å². The Bertz CT molecular complexity index is 1150. The molecule has 162 valence electrons. The van der Waals surface area contributed by atoms with E-state index < -0.39 is 0 Å². The Labute approximate surface area is 196 Å². The number of thioether (sulfide) groups is 1. The average Bonchev–Trinajstić information content (AvgIpc) is 3.11. The van der Waals surface area contributed by atoms with Crippen molar-refractivity contribution in [2.75, 3.05) is 25.2 Å². The van der Waals surface area contributed by atoms with Gasteiger partial charge in [0.15, 0.2) is 15.8 Å². The number of carbonyl (C=O) groups excluding carboxylic acids is 1. The van der Waals surface area contributed by atoms with E-state index in [0.717, 1.165) is 11.3 Å². The van der Waals surface area contributed by atoms with E-state index in [1.807, 2.05) is 84.9 Å². The second-order valence-electron chi connectivity index (χ2n) is 6.74. The number of nitrogens with zero attached hydrogens (tertiary/aromatic N) is 1. The third kappa shape index (κ3) is 4.95. The van der Waals surface area contributed by atoms with E-state index in [4.69, 9.17) is 26.4 Å². The molecule has 1 fully saturated rings. The van der Waals surface area contributed by atoms with Crippen LogP contribution in [0.25, 0.3) is 6.08 Å². The van der Waals surface area contributed by atoms with Gasteiger partial charge in [-0.05, 0) is 36.4 Å². The maximum absolute atomic E-state index is 13.0. The van der Waals surface area contributed by atoms with E-state index in [0.29, 0.717) is 39.7 Å². The molecule has 0 radical (unpaired) electrons. The number of amides is 1. The van der Waals surface area contributed by atoms with Gasteiger partial charge in [0.2, 0.25) is 0 Å². The van der Waals surface area contributed by atoms with Crippen LogP contribution in [0.15, 0.2) is 83.8 Å². The van der Waals surface area contributed by atoms with Crippen molar-refractivity contribution in [3.8, 4) is 17.2 Å². The summed E-state index contributed by atoms with van der Waals surface area (Å²) in [5.41, 5.74) is 1.56. The van der Waals surface area contributed by atoms with E-state index >= 15 is 0 Å². The number of benzene rings is 3. The Morgan fingerprint density at radius 2 is 1.44 bits per heavy atom. The summed E-state index contributed by atoms with van der Waals surface area (Å²) in [7, 11) is 1.61. The average molecular weight is 464 g/mol. The number of anilines is 1. The van der Waals surface area contributed by atoms with Gasteiger partial charge >= 0.3 is 0 Å². The summed E-state index contributed by atoms with van der Waals surface area (Å²) >= 11 is 6.73. The molecule has 1 aliphatic heterocycles. The zero-order valence-electron chi connectivity index (χ0n) is 17.4. The van der Waals surface area contributed by atoms with E-state index in [2.05, 4.69) is 0 Å². The first-order valence-corrected chi connectivity index (χ1v) is 11.2. The van der Waals surface area contributed by atoms with Crippen LogP contribution in [-0.2, 0) is 4.79 Å². The van der Waals surface area contributed by atoms with E-state index in [1.54, 1.807) is 12.0 Å². The Balaban J connectivity index is 1.44. The van der Waals surface area contributed by atoms with Gasteiger partial charge in [-0.3, -0.25) is 9.69 Å². The SMILES string of the molecule is COc1ccccc1OCCOc1ccccc1/C=C1\SC(=S)N(c2ccccc2)C1=O. The van der Waals surface area contributed by atoms with Crippen molar-refractivity contribution in [1.29, 1.82) is 0 Å². The molecule has 3 aromatic carbocycles. The van der Waals surface area contributed by atoms with Crippen LogP contribution in [0.5, 0.6) is 17.2 Å². The molecule has 32 heavy (non-hydrogen) atoms. The van der Waals surface area contributed by atoms with Crippen molar-refractivity contribution in [3.05, 3.63) is 89.3 Å². The van der Waals surface area contributed by atoms with Gasteiger partial charge in [-0.15, -0.1) is 0 Å². The first kappa shape index (κ1) is 21.9. The van der Waals surface area contributed by atoms with Crippen LogP contribution >= 0.6 is 24.0 Å². The van der Waals surface area contributed by atoms with Crippen molar-refractivity contribution in [3.63, 3.8) is 0 Å². The zero-order valence-corrected chi connectivity index (χ0v) is 19.0. The van der Waals surface area contributed by atoms with Crippen molar-refractivity contribution in [2.24, 2.45) is 0 Å². The first-order chi connectivity index (χ1) is 15.7. The van der Waals surface area contributed by atoms with Gasteiger partial charge < -0.3 is 14.2 Å². The molecule has 3 aromatic rings. The normalized spacial score (nSPS) is 14.7. The second-order valence-corrected chi connectivity index (χ2v) is 8.41. The number of hydrogen-bond acceptors (Lipinski definition) is 6. The molecule has 0 N–H and O–H groups in total. The molecule has 4 rings (SSSR count). The Morgan fingerprint density at radius 3 is 2.16 bits per heavy atom. The highest BCUT2D eigenvalue weighted by Gasteiger charge is 2.33. The third-order valence-electron chi connectivity index (χ3n) is 4.68. The minimum atomic E-state index is -0.138. The lowest BCUT2D eigenvalue weighted by Gasteiger charge is -2.14. The molecule has 0 bridgehead atoms. The molecule has 0 atom stereocenters. The Hall–Kier alpha value is -3.29. The quantitative estimate of drug-likeness (QED) is 0.248. The fraction of sp³-hybridized carbons (Fsp3) is 0.120. The van der Waals surface area contributed by atoms with Crippen LogP contribution in [0.1, 0.15) is 5.56 Å². The minimum Gasteiger partial charge on any atom is -0.493 e. The van der Waals surface area contributed by atoms with Gasteiger partial charge in [-0.25, -0.2) is 0 Å². The van der Waals surface area contributed by atoms with Crippen LogP contribution in [0, 0.1) is 0 Å². The van der Waals surface area contributed by atoms with E-state index in [1.165, 1.54) is 11.8 Å². The lowest BCUT2D eigenvalue weighted by Crippen LogP contribution is -2.27. The molecule has 1 saturated heterocycles. The number of para-hydroxylation sites is 4. The van der Waals surface area contributed by atoms with Gasteiger partial charge in [0, 0.05) is 5.56 Å². The standard InChI is InChI=1S/C25H21NO4S2/c1-28-21-13-7-8-14-22(21)30-16-15-29-20-12-6-5-9-18(20)17-23-24(27)26(25(31)32-23)19-10-3-2-4-11-19/h2-14,17H,15-16H2,1H3/b23-17-. The maximum Gasteiger partial charge on any atom is 0.270 e. The lowest BCUT2D eigenvalue weighted by molar-refractivity contribution is -0.113. The molecule has 0 aliphatic carbocycles. The topological polar surface area (TPSA) is 48.0 Å². The van der Waals surface area contributed by atoms with Gasteiger partial charge in [0.1, 0.15) is 19.0 Å². The third-order valence-corrected chi connectivity index (χ3v) is 5.98. The highest BCUT2D eigenvalue weighted by atomic mass is 32.2. The van der Waals surface area contributed by atoms with Crippen LogP contribution in [0.4, 0.5) is 5.69 Å². The molecule has 1 aliphatic rings. The van der Waals surface area contributed by atoms with Crippen LogP contribution < -0.4 is 19.1 Å². The first-order valence-electron chi connectivity index (χ1n) is 9.98. The molecule has 1 amide bonds. The maximum atomic E-state index is 13.0. The van der Waals surface area contributed by atoms with E-state index in [9.17, 15) is 4.79 Å². The largest absolute Gasteiger partial charge is 0.493 e. The van der Waals surface area contributed by atoms with Crippen LogP contribution in [0.3, 0.4) is 0 Å². The van der Waals surface area contributed by atoms with Gasteiger partial charge in [-0.2, -0.15) is 0 Å². The molecule has 0 saturated carbocycles. The number of rotatable bonds is 8. The molecule has 5 nitrogen and oxygen atoms in total. The predicted octanol–water partition coefficient (Wildman–Crippen LogP) is 5.56. The van der Waals surface area contributed by atoms with Crippen molar-refractivity contribution in [2.45, 2.75) is 0 Å². The van der Waals surface area contributed by atoms with E-state index in [-0.39, 0.29) is 5.91 Å². The Kier molecular flexibility index (Phi) is 7.09. The summed E-state index contributed by atoms with van der Waals surface area (Å²) in [6.45, 7) is 0.693. The summed E-state index contributed by atoms with van der Waals surface area (Å²) < 4.78 is 17.5. The summed E-state index contributed by atoms with van der Waals surface area (Å²) in [5, 5.41) is 0. The zero-order chi connectivity index (χ0) is 22.3. The highest BCUT2D eigenvalue weighted by molar-refractivity contribution is 8.27. The molecular formula is C25H21NO4S2. The number of hydrogen-bond donors (Lipinski definition) is 0. The molecular weight excluding hydrogens is 442 g/mol. The van der Waals surface area contributed by atoms with Crippen LogP contribution in [-0.4, -0.2) is 30.6 Å². The molecule has 7 heteroatoms. The summed E-state index contributed by atoms with van der Waals surface area (Å²) in [6.07, 6.45) is 1.82. The molecule has 0 aromatic heterocycles. The fourth-order valence-electron chi connectivity index (χ4n) is 3.18. The molecule has 1 heterocycles. The monoisotopic (exact) mass is 463 g/mol. The van der Waals surface area contributed by atoms with Gasteiger partial charge in [0.05, 0.1) is 17.7 Å². The smallest absolute Gasteiger partial charge is 0.270 e. The highest BCUT2D eigenvalue weighted by Crippen LogP contribution is 2.37. The molecule has 0 spiro atoms. The summed E-state index contributed by atoms with van der Waals surface area (Å²) in [6, 6.07) is 24.4. The van der Waals surface area contributed by atoms with Crippen LogP contribution in [0.2, 0.25) is 0 Å². The number of carbonyl (C=O) groups is 1. The predicted molar refractivity (Wildman–Crippen MR) is 133 cm³/mol. The Morgan fingerprint density at radius 1 is 0.844 bits per heavy atom. The summed E-state index contributed by atoms with van der Waals surface area (Å²) in [5.74, 6) is 1.87. The van der Waals surface area contributed by atoms with Crippen molar-refractivity contribution >= 4 is 46.0 Å².